The summed E-state index contributed by atoms with van der Waals surface area (Å²) in [6.07, 6.45) is 4.76. The zero-order chi connectivity index (χ0) is 15.4. The van der Waals surface area contributed by atoms with Gasteiger partial charge in [-0.1, -0.05) is 12.5 Å². The van der Waals surface area contributed by atoms with Gasteiger partial charge in [-0.2, -0.15) is 16.1 Å². The van der Waals surface area contributed by atoms with Crippen LogP contribution in [0.1, 0.15) is 25.7 Å². The molecule has 1 aromatic rings. The lowest BCUT2D eigenvalue weighted by molar-refractivity contribution is 0.183. The quantitative estimate of drug-likeness (QED) is 0.828. The van der Waals surface area contributed by atoms with Gasteiger partial charge in [0.2, 0.25) is 0 Å². The normalized spacial score (nSPS) is 25.9. The summed E-state index contributed by atoms with van der Waals surface area (Å²) >= 11 is 3.23. The lowest BCUT2D eigenvalue weighted by Crippen LogP contribution is -2.48. The molecule has 2 fully saturated rings. The Balaban J connectivity index is 1.78. The molecule has 0 spiro atoms. The van der Waals surface area contributed by atoms with Gasteiger partial charge in [0.15, 0.2) is 0 Å². The van der Waals surface area contributed by atoms with Gasteiger partial charge in [0.25, 0.3) is 10.0 Å². The molecule has 3 rings (SSSR count). The Hall–Kier alpha value is -0.0800. The standard InChI is InChI=1S/C15H24N2O2S3/c18-22(19,15-6-4-11-21-15)17-9-5-10-20-13-14(17)12-16-7-2-1-3-8-16/h4,6,11,14H,1-3,5,7-10,12-13H2. The summed E-state index contributed by atoms with van der Waals surface area (Å²) in [5.41, 5.74) is 0. The van der Waals surface area contributed by atoms with Crippen LogP contribution in [0.5, 0.6) is 0 Å². The average molecular weight is 361 g/mol. The number of rotatable bonds is 4. The summed E-state index contributed by atoms with van der Waals surface area (Å²) in [4.78, 5) is 2.46. The lowest BCUT2D eigenvalue weighted by atomic mass is 10.1. The van der Waals surface area contributed by atoms with Gasteiger partial charge in [0.05, 0.1) is 0 Å². The highest BCUT2D eigenvalue weighted by Gasteiger charge is 2.34. The zero-order valence-corrected chi connectivity index (χ0v) is 15.3. The van der Waals surface area contributed by atoms with E-state index in [9.17, 15) is 8.42 Å². The van der Waals surface area contributed by atoms with Crippen molar-refractivity contribution in [3.05, 3.63) is 17.5 Å². The van der Waals surface area contributed by atoms with E-state index in [1.165, 1.54) is 30.6 Å². The van der Waals surface area contributed by atoms with Gasteiger partial charge in [-0.3, -0.25) is 0 Å². The molecule has 124 valence electrons. The lowest BCUT2D eigenvalue weighted by Gasteiger charge is -2.34. The highest BCUT2D eigenvalue weighted by atomic mass is 32.2. The smallest absolute Gasteiger partial charge is 0.252 e. The highest BCUT2D eigenvalue weighted by Crippen LogP contribution is 2.27. The van der Waals surface area contributed by atoms with E-state index >= 15 is 0 Å². The summed E-state index contributed by atoms with van der Waals surface area (Å²) < 4.78 is 28.2. The second kappa shape index (κ2) is 7.66. The van der Waals surface area contributed by atoms with Gasteiger partial charge in [-0.05, 0) is 49.6 Å². The topological polar surface area (TPSA) is 40.6 Å². The molecule has 22 heavy (non-hydrogen) atoms. The van der Waals surface area contributed by atoms with Crippen molar-refractivity contribution in [1.29, 1.82) is 0 Å². The number of likely N-dealkylation sites (tertiary alicyclic amines) is 1. The fraction of sp³-hybridized carbons (Fsp3) is 0.733. The molecule has 0 N–H and O–H groups in total. The third kappa shape index (κ3) is 3.87. The molecule has 4 nitrogen and oxygen atoms in total. The number of thiophene rings is 1. The van der Waals surface area contributed by atoms with Crippen LogP contribution in [0.2, 0.25) is 0 Å². The Labute approximate surface area is 141 Å². The molecule has 0 aliphatic carbocycles. The van der Waals surface area contributed by atoms with E-state index in [0.29, 0.717) is 10.8 Å². The molecule has 2 aliphatic heterocycles. The Morgan fingerprint density at radius 3 is 2.68 bits per heavy atom. The number of hydrogen-bond donors (Lipinski definition) is 0. The summed E-state index contributed by atoms with van der Waals surface area (Å²) in [6, 6.07) is 3.66. The van der Waals surface area contributed by atoms with Gasteiger partial charge in [-0.15, -0.1) is 11.3 Å². The summed E-state index contributed by atoms with van der Waals surface area (Å²) in [7, 11) is -3.33. The fourth-order valence-corrected chi connectivity index (χ4v) is 7.16. The number of hydrogen-bond acceptors (Lipinski definition) is 5. The fourth-order valence-electron chi connectivity index (χ4n) is 3.23. The van der Waals surface area contributed by atoms with E-state index in [2.05, 4.69) is 4.90 Å². The minimum absolute atomic E-state index is 0.109. The Morgan fingerprint density at radius 2 is 1.95 bits per heavy atom. The van der Waals surface area contributed by atoms with Crippen LogP contribution in [0.4, 0.5) is 0 Å². The van der Waals surface area contributed by atoms with E-state index < -0.39 is 10.0 Å². The molecule has 2 aliphatic rings. The number of thioether (sulfide) groups is 1. The maximum atomic E-state index is 13.0. The van der Waals surface area contributed by atoms with Crippen molar-refractivity contribution in [3.8, 4) is 0 Å². The third-order valence-corrected chi connectivity index (χ3v) is 8.88. The molecule has 0 bridgehead atoms. The summed E-state index contributed by atoms with van der Waals surface area (Å²) in [6.45, 7) is 3.78. The maximum absolute atomic E-state index is 13.0. The third-order valence-electron chi connectivity index (χ3n) is 4.36. The van der Waals surface area contributed by atoms with Crippen LogP contribution in [0.25, 0.3) is 0 Å². The first-order valence-corrected chi connectivity index (χ1v) is 11.5. The van der Waals surface area contributed by atoms with Crippen molar-refractivity contribution in [2.24, 2.45) is 0 Å². The second-order valence-electron chi connectivity index (χ2n) is 5.99. The highest BCUT2D eigenvalue weighted by molar-refractivity contribution is 7.99. The Kier molecular flexibility index (Phi) is 5.84. The van der Waals surface area contributed by atoms with Crippen LogP contribution in [0.3, 0.4) is 0 Å². The van der Waals surface area contributed by atoms with E-state index in [-0.39, 0.29) is 6.04 Å². The first-order chi connectivity index (χ1) is 10.7. The molecule has 0 radical (unpaired) electrons. The van der Waals surface area contributed by atoms with E-state index in [1.54, 1.807) is 10.4 Å². The van der Waals surface area contributed by atoms with Crippen LogP contribution in [-0.2, 0) is 10.0 Å². The van der Waals surface area contributed by atoms with E-state index in [0.717, 1.165) is 37.6 Å². The molecular formula is C15H24N2O2S3. The van der Waals surface area contributed by atoms with E-state index in [4.69, 9.17) is 0 Å². The van der Waals surface area contributed by atoms with Crippen LogP contribution in [-0.4, -0.2) is 61.3 Å². The number of sulfonamides is 1. The van der Waals surface area contributed by atoms with Gasteiger partial charge >= 0.3 is 0 Å². The van der Waals surface area contributed by atoms with Gasteiger partial charge in [0.1, 0.15) is 4.21 Å². The molecule has 0 aromatic carbocycles. The maximum Gasteiger partial charge on any atom is 0.252 e. The molecular weight excluding hydrogens is 336 g/mol. The molecule has 1 unspecified atom stereocenters. The molecule has 0 saturated carbocycles. The average Bonchev–Trinajstić information content (AvgIpc) is 2.97. The predicted molar refractivity (Wildman–Crippen MR) is 94.2 cm³/mol. The van der Waals surface area contributed by atoms with Crippen molar-refractivity contribution in [2.45, 2.75) is 35.9 Å². The molecule has 0 amide bonds. The SMILES string of the molecule is O=S(=O)(c1cccs1)N1CCCSCC1CN1CCCCC1. The Morgan fingerprint density at radius 1 is 1.14 bits per heavy atom. The van der Waals surface area contributed by atoms with Crippen LogP contribution < -0.4 is 0 Å². The monoisotopic (exact) mass is 360 g/mol. The van der Waals surface area contributed by atoms with Gasteiger partial charge < -0.3 is 4.90 Å². The van der Waals surface area contributed by atoms with Crippen molar-refractivity contribution in [2.75, 3.05) is 37.7 Å². The minimum Gasteiger partial charge on any atom is -0.302 e. The number of piperidine rings is 1. The van der Waals surface area contributed by atoms with E-state index in [1.807, 2.05) is 23.2 Å². The number of nitrogens with zero attached hydrogens (tertiary/aromatic N) is 2. The largest absolute Gasteiger partial charge is 0.302 e. The van der Waals surface area contributed by atoms with Crippen LogP contribution >= 0.6 is 23.1 Å². The van der Waals surface area contributed by atoms with Crippen LogP contribution in [0, 0.1) is 0 Å². The minimum atomic E-state index is -3.33. The zero-order valence-electron chi connectivity index (χ0n) is 12.8. The first kappa shape index (κ1) is 16.8. The van der Waals surface area contributed by atoms with Crippen LogP contribution in [0.15, 0.2) is 21.7 Å². The molecule has 2 saturated heterocycles. The molecule has 7 heteroatoms. The predicted octanol–water partition coefficient (Wildman–Crippen LogP) is 2.73. The molecule has 1 aromatic heterocycles. The second-order valence-corrected chi connectivity index (χ2v) is 10.2. The van der Waals surface area contributed by atoms with Crippen molar-refractivity contribution >= 4 is 33.1 Å². The molecule has 3 heterocycles. The van der Waals surface area contributed by atoms with Crippen molar-refractivity contribution in [1.82, 2.24) is 9.21 Å². The van der Waals surface area contributed by atoms with Crippen molar-refractivity contribution in [3.63, 3.8) is 0 Å². The molecule has 1 atom stereocenters. The van der Waals surface area contributed by atoms with Gasteiger partial charge in [0, 0.05) is 24.9 Å². The summed E-state index contributed by atoms with van der Waals surface area (Å²) in [5, 5.41) is 1.85. The first-order valence-electron chi connectivity index (χ1n) is 8.03. The Bertz CT molecular complexity index is 553. The van der Waals surface area contributed by atoms with Crippen molar-refractivity contribution < 1.29 is 8.42 Å². The summed E-state index contributed by atoms with van der Waals surface area (Å²) in [5.74, 6) is 1.98. The van der Waals surface area contributed by atoms with Gasteiger partial charge in [-0.25, -0.2) is 8.42 Å².